The molecule has 0 aromatic rings. The molecule has 0 aromatic carbocycles. The van der Waals surface area contributed by atoms with E-state index < -0.39 is 58.5 Å². The summed E-state index contributed by atoms with van der Waals surface area (Å²) >= 11 is 0. The van der Waals surface area contributed by atoms with Gasteiger partial charge in [0.2, 0.25) is 5.91 Å². The second kappa shape index (κ2) is 10.4. The van der Waals surface area contributed by atoms with Crippen molar-refractivity contribution in [3.63, 3.8) is 0 Å². The number of amides is 3. The molecule has 0 radical (unpaired) electrons. The van der Waals surface area contributed by atoms with Crippen LogP contribution in [0.25, 0.3) is 0 Å². The summed E-state index contributed by atoms with van der Waals surface area (Å²) in [6.07, 6.45) is -3.41. The summed E-state index contributed by atoms with van der Waals surface area (Å²) < 4.78 is 43.8. The molecule has 0 aliphatic carbocycles. The van der Waals surface area contributed by atoms with Gasteiger partial charge in [-0.25, -0.2) is 13.9 Å². The summed E-state index contributed by atoms with van der Waals surface area (Å²) in [5.41, 5.74) is 0. The molecule has 2 saturated heterocycles. The fourth-order valence-corrected chi connectivity index (χ4v) is 4.33. The molecule has 0 aromatic heterocycles. The summed E-state index contributed by atoms with van der Waals surface area (Å²) in [4.78, 5) is 53.1. The molecule has 31 heavy (non-hydrogen) atoms. The van der Waals surface area contributed by atoms with Crippen LogP contribution in [-0.4, -0.2) is 77.6 Å². The number of hydrogen-bond acceptors (Lipinski definition) is 8. The van der Waals surface area contributed by atoms with Gasteiger partial charge >= 0.3 is 21.7 Å². The van der Waals surface area contributed by atoms with Gasteiger partial charge in [0, 0.05) is 13.0 Å². The summed E-state index contributed by atoms with van der Waals surface area (Å²) in [6.45, 7) is 4.80. The number of imide groups is 1. The molecule has 16 heteroatoms. The van der Waals surface area contributed by atoms with E-state index >= 15 is 0 Å². The Morgan fingerprint density at radius 1 is 1.26 bits per heavy atom. The second-order valence-electron chi connectivity index (χ2n) is 8.13. The minimum Gasteiger partial charge on any atom is -0.350 e. The molecule has 2 aliphatic rings. The largest absolute Gasteiger partial charge is 0.472 e. The smallest absolute Gasteiger partial charge is 0.350 e. The van der Waals surface area contributed by atoms with Crippen molar-refractivity contribution in [1.82, 2.24) is 10.2 Å². The van der Waals surface area contributed by atoms with Crippen molar-refractivity contribution in [1.29, 1.82) is 0 Å². The number of carbonyl (C=O) groups excluding carboxylic acids is 2. The zero-order valence-electron chi connectivity index (χ0n) is 17.7. The van der Waals surface area contributed by atoms with Gasteiger partial charge in [-0.3, -0.25) is 28.6 Å². The summed E-state index contributed by atoms with van der Waals surface area (Å²) in [6, 6.07) is -0.711. The van der Waals surface area contributed by atoms with Crippen molar-refractivity contribution >= 4 is 35.4 Å². The number of phosphoric ester groups is 2. The maximum absolute atomic E-state index is 12.4. The highest BCUT2D eigenvalue weighted by atomic mass is 31.2. The van der Waals surface area contributed by atoms with Gasteiger partial charge in [0.25, 0.3) is 0 Å². The van der Waals surface area contributed by atoms with Crippen LogP contribution in [0.4, 0.5) is 4.79 Å². The Bertz CT molecular complexity index is 763. The van der Waals surface area contributed by atoms with Gasteiger partial charge in [-0.05, 0) is 11.7 Å². The van der Waals surface area contributed by atoms with Crippen LogP contribution in [-0.2, 0) is 32.2 Å². The molecule has 2 rings (SSSR count). The lowest BCUT2D eigenvalue weighted by atomic mass is 9.79. The molecular weight excluding hydrogens is 457 g/mol. The Kier molecular flexibility index (Phi) is 8.88. The van der Waals surface area contributed by atoms with Crippen molar-refractivity contribution in [3.8, 4) is 0 Å². The molecule has 0 saturated carbocycles. The SMILES string of the molecule is BC(COP(=O)(O)OC1CC(N2CC(C)C(=O)NC2=O)OC1COP(=O)(O)O)C(C)C. The number of rotatable bonds is 10. The van der Waals surface area contributed by atoms with Gasteiger partial charge in [-0.15, -0.1) is 0 Å². The zero-order chi connectivity index (χ0) is 23.6. The maximum Gasteiger partial charge on any atom is 0.472 e. The van der Waals surface area contributed by atoms with Crippen LogP contribution in [0.3, 0.4) is 0 Å². The molecule has 2 aliphatic heterocycles. The zero-order valence-corrected chi connectivity index (χ0v) is 19.5. The third-order valence-corrected chi connectivity index (χ3v) is 6.75. The van der Waals surface area contributed by atoms with Gasteiger partial charge in [-0.1, -0.05) is 20.8 Å². The van der Waals surface area contributed by atoms with Crippen molar-refractivity contribution in [2.45, 2.75) is 51.4 Å². The van der Waals surface area contributed by atoms with E-state index in [9.17, 15) is 23.6 Å². The first-order valence-electron chi connectivity index (χ1n) is 9.81. The molecule has 6 atom stereocenters. The van der Waals surface area contributed by atoms with Gasteiger partial charge < -0.3 is 19.4 Å². The number of nitrogens with one attached hydrogen (secondary N) is 1. The standard InChI is InChI=1S/C15H29BN2O11P2/c1-8(2)10(16)6-27-31(24,25)29-11-4-13(28-12(11)7-26-30(21,22)23)18-5-9(3)14(19)17-15(18)20/h8-13H,4-7,16H2,1-3H3,(H,24,25)(H,17,19,20)(H2,21,22,23). The number of ether oxygens (including phenoxy) is 1. The monoisotopic (exact) mass is 486 g/mol. The third kappa shape index (κ3) is 7.92. The lowest BCUT2D eigenvalue weighted by Gasteiger charge is -2.34. The van der Waals surface area contributed by atoms with Crippen LogP contribution in [0.5, 0.6) is 0 Å². The molecule has 2 fully saturated rings. The Balaban J connectivity index is 2.10. The fourth-order valence-electron chi connectivity index (χ4n) is 2.94. The van der Waals surface area contributed by atoms with Crippen molar-refractivity contribution in [2.75, 3.05) is 19.8 Å². The first-order chi connectivity index (χ1) is 14.2. The normalized spacial score (nSPS) is 30.4. The lowest BCUT2D eigenvalue weighted by molar-refractivity contribution is -0.128. The molecule has 0 bridgehead atoms. The maximum atomic E-state index is 12.4. The van der Waals surface area contributed by atoms with E-state index in [4.69, 9.17) is 23.6 Å². The molecule has 4 N–H and O–H groups in total. The molecule has 0 spiro atoms. The number of nitrogens with zero attached hydrogens (tertiary/aromatic N) is 1. The van der Waals surface area contributed by atoms with E-state index in [1.807, 2.05) is 21.7 Å². The van der Waals surface area contributed by atoms with E-state index in [0.717, 1.165) is 0 Å². The van der Waals surface area contributed by atoms with E-state index in [2.05, 4.69) is 9.84 Å². The summed E-state index contributed by atoms with van der Waals surface area (Å²) in [7, 11) is -7.55. The van der Waals surface area contributed by atoms with E-state index in [1.54, 1.807) is 6.92 Å². The topological polar surface area (TPSA) is 181 Å². The molecule has 13 nitrogen and oxygen atoms in total. The lowest BCUT2D eigenvalue weighted by Crippen LogP contribution is -2.57. The van der Waals surface area contributed by atoms with Crippen LogP contribution in [0.2, 0.25) is 5.82 Å². The van der Waals surface area contributed by atoms with Crippen LogP contribution in [0, 0.1) is 11.8 Å². The highest BCUT2D eigenvalue weighted by Crippen LogP contribution is 2.49. The van der Waals surface area contributed by atoms with Crippen LogP contribution in [0.1, 0.15) is 27.2 Å². The van der Waals surface area contributed by atoms with Crippen molar-refractivity contribution < 1.29 is 51.7 Å². The Morgan fingerprint density at radius 2 is 1.90 bits per heavy atom. The van der Waals surface area contributed by atoms with Gasteiger partial charge in [0.15, 0.2) is 0 Å². The number of phosphoric acid groups is 2. The predicted molar refractivity (Wildman–Crippen MR) is 108 cm³/mol. The first-order valence-corrected chi connectivity index (χ1v) is 12.8. The molecule has 2 heterocycles. The second-order valence-corrected chi connectivity index (χ2v) is 10.8. The average molecular weight is 486 g/mol. The summed E-state index contributed by atoms with van der Waals surface area (Å²) in [5.74, 6) is -0.788. The quantitative estimate of drug-likeness (QED) is 0.241. The number of urea groups is 1. The molecule has 3 amide bonds. The number of hydrogen-bond donors (Lipinski definition) is 4. The third-order valence-electron chi connectivity index (χ3n) is 5.25. The minimum absolute atomic E-state index is 0.0264. The Hall–Kier alpha value is -0.815. The minimum atomic E-state index is -4.85. The Labute approximate surface area is 181 Å². The molecular formula is C15H29BN2O11P2. The van der Waals surface area contributed by atoms with Gasteiger partial charge in [-0.2, -0.15) is 0 Å². The fraction of sp³-hybridized carbons (Fsp3) is 0.867. The van der Waals surface area contributed by atoms with Crippen LogP contribution >= 0.6 is 15.6 Å². The first kappa shape index (κ1) is 26.4. The summed E-state index contributed by atoms with van der Waals surface area (Å²) in [5, 5.41) is 2.18. The average Bonchev–Trinajstić information content (AvgIpc) is 3.02. The highest BCUT2D eigenvalue weighted by Gasteiger charge is 2.46. The van der Waals surface area contributed by atoms with E-state index in [-0.39, 0.29) is 31.3 Å². The van der Waals surface area contributed by atoms with Crippen molar-refractivity contribution in [2.24, 2.45) is 11.8 Å². The molecule has 178 valence electrons. The van der Waals surface area contributed by atoms with Gasteiger partial charge in [0.1, 0.15) is 26.3 Å². The van der Waals surface area contributed by atoms with Crippen LogP contribution in [0.15, 0.2) is 0 Å². The Morgan fingerprint density at radius 3 is 2.48 bits per heavy atom. The van der Waals surface area contributed by atoms with Gasteiger partial charge in [0.05, 0.1) is 19.1 Å². The number of carbonyl (C=O) groups is 2. The van der Waals surface area contributed by atoms with E-state index in [0.29, 0.717) is 0 Å². The predicted octanol–water partition coefficient (Wildman–Crippen LogP) is -0.0216. The van der Waals surface area contributed by atoms with Crippen LogP contribution < -0.4 is 5.32 Å². The molecule has 6 unspecified atom stereocenters. The van der Waals surface area contributed by atoms with E-state index in [1.165, 1.54) is 4.90 Å². The highest BCUT2D eigenvalue weighted by molar-refractivity contribution is 7.47. The van der Waals surface area contributed by atoms with Crippen molar-refractivity contribution in [3.05, 3.63) is 0 Å².